The van der Waals surface area contributed by atoms with Gasteiger partial charge in [-0.1, -0.05) is 13.3 Å². The van der Waals surface area contributed by atoms with E-state index in [1.54, 1.807) is 0 Å². The Balaban J connectivity index is -0.0000000612. The minimum atomic E-state index is 0. The molecule has 1 aliphatic rings. The van der Waals surface area contributed by atoms with Crippen molar-refractivity contribution in [3.8, 4) is 0 Å². The molecule has 0 N–H and O–H groups in total. The van der Waals surface area contributed by atoms with Gasteiger partial charge in [-0.15, -0.1) is 31.2 Å². The molecule has 1 rings (SSSR count). The predicted octanol–water partition coefficient (Wildman–Crippen LogP) is 3.38. The molecule has 0 aromatic carbocycles. The van der Waals surface area contributed by atoms with E-state index < -0.39 is 0 Å². The minimum Gasteiger partial charge on any atom is -0.358 e. The average molecular weight is 229 g/mol. The second kappa shape index (κ2) is 13.4. The van der Waals surface area contributed by atoms with Crippen LogP contribution in [0.5, 0.6) is 0 Å². The molecule has 1 aliphatic carbocycles. The summed E-state index contributed by atoms with van der Waals surface area (Å²) in [5.41, 5.74) is 1.43. The second-order valence-corrected chi connectivity index (χ2v) is 1.69. The Hall–Kier alpha value is 0.774. The zero-order chi connectivity index (χ0) is 5.11. The summed E-state index contributed by atoms with van der Waals surface area (Å²) in [6.07, 6.45) is 9.57. The van der Waals surface area contributed by atoms with Gasteiger partial charge in [0.2, 0.25) is 0 Å². The van der Waals surface area contributed by atoms with Gasteiger partial charge in [0.25, 0.3) is 0 Å². The number of hydrogen-bond donors (Lipinski definition) is 0. The summed E-state index contributed by atoms with van der Waals surface area (Å²) < 4.78 is 0. The van der Waals surface area contributed by atoms with E-state index in [-0.39, 0.29) is 54.0 Å². The Morgan fingerprint density at radius 2 is 2.00 bits per heavy atom. The third kappa shape index (κ3) is 8.68. The zero-order valence-electron chi connectivity index (χ0n) is 6.89. The van der Waals surface area contributed by atoms with Gasteiger partial charge in [0.05, 0.1) is 0 Å². The van der Waals surface area contributed by atoms with E-state index in [2.05, 4.69) is 25.2 Å². The summed E-state index contributed by atoms with van der Waals surface area (Å²) in [5.74, 6) is 0. The van der Waals surface area contributed by atoms with E-state index >= 15 is 0 Å². The molecule has 0 saturated heterocycles. The van der Waals surface area contributed by atoms with E-state index in [4.69, 9.17) is 0 Å². The standard InChI is InChI=1S/C7H9.CH3.2ClH.Ti/c1-2-7-5-3-4-6-7;;;;/h5-6H,2-3H2,1H3;1H3;2*1H;/q2*-1;;;+2. The summed E-state index contributed by atoms with van der Waals surface area (Å²) in [6.45, 7) is 2.16. The maximum atomic E-state index is 3.11. The van der Waals surface area contributed by atoms with Crippen molar-refractivity contribution in [1.29, 1.82) is 0 Å². The van der Waals surface area contributed by atoms with Crippen molar-refractivity contribution in [3.63, 3.8) is 0 Å². The molecule has 0 radical (unpaired) electrons. The molecule has 0 aromatic rings. The summed E-state index contributed by atoms with van der Waals surface area (Å²) >= 11 is 0. The van der Waals surface area contributed by atoms with E-state index in [1.165, 1.54) is 5.57 Å². The summed E-state index contributed by atoms with van der Waals surface area (Å²) in [7, 11) is 0. The molecule has 0 heterocycles. The molecule has 11 heavy (non-hydrogen) atoms. The molecule has 0 bridgehead atoms. The van der Waals surface area contributed by atoms with Crippen molar-refractivity contribution in [2.45, 2.75) is 19.8 Å². The van der Waals surface area contributed by atoms with Crippen LogP contribution >= 0.6 is 24.8 Å². The maximum absolute atomic E-state index is 3.11. The first-order chi connectivity index (χ1) is 3.43. The van der Waals surface area contributed by atoms with Crippen LogP contribution in [0.1, 0.15) is 19.8 Å². The fourth-order valence-electron chi connectivity index (χ4n) is 0.685. The van der Waals surface area contributed by atoms with Gasteiger partial charge in [-0.25, -0.2) is 11.6 Å². The summed E-state index contributed by atoms with van der Waals surface area (Å²) in [5, 5.41) is 0. The molecule has 3 heteroatoms. The number of hydrogen-bond acceptors (Lipinski definition) is 0. The van der Waals surface area contributed by atoms with Crippen LogP contribution in [0, 0.1) is 13.5 Å². The van der Waals surface area contributed by atoms with Crippen LogP contribution in [0.25, 0.3) is 0 Å². The number of halogens is 2. The Labute approximate surface area is 97.2 Å². The Kier molecular flexibility index (Phi) is 27.5. The van der Waals surface area contributed by atoms with Crippen molar-refractivity contribution >= 4 is 24.8 Å². The maximum Gasteiger partial charge on any atom is 2.00 e. The van der Waals surface area contributed by atoms with E-state index in [1.807, 2.05) is 0 Å². The van der Waals surface area contributed by atoms with Gasteiger partial charge in [-0.2, -0.15) is 6.08 Å². The van der Waals surface area contributed by atoms with Crippen LogP contribution in [0.4, 0.5) is 0 Å². The largest absolute Gasteiger partial charge is 2.00 e. The molecular weight excluding hydrogens is 215 g/mol. The van der Waals surface area contributed by atoms with Gasteiger partial charge in [-0.05, 0) is 0 Å². The first kappa shape index (κ1) is 22.6. The van der Waals surface area contributed by atoms with E-state index in [9.17, 15) is 0 Å². The van der Waals surface area contributed by atoms with Crippen LogP contribution in [0.2, 0.25) is 0 Å². The van der Waals surface area contributed by atoms with Gasteiger partial charge in [0.1, 0.15) is 0 Å². The summed E-state index contributed by atoms with van der Waals surface area (Å²) in [4.78, 5) is 0. The Bertz CT molecular complexity index is 119. The summed E-state index contributed by atoms with van der Waals surface area (Å²) in [6, 6.07) is 0. The van der Waals surface area contributed by atoms with Crippen LogP contribution in [-0.2, 0) is 21.7 Å². The topological polar surface area (TPSA) is 0 Å². The third-order valence-electron chi connectivity index (χ3n) is 1.18. The van der Waals surface area contributed by atoms with Crippen molar-refractivity contribution < 1.29 is 21.7 Å². The van der Waals surface area contributed by atoms with Gasteiger partial charge < -0.3 is 7.43 Å². The van der Waals surface area contributed by atoms with Crippen molar-refractivity contribution in [2.24, 2.45) is 0 Å². The SMILES string of the molecule is CCC1=CC[C-]=C1.Cl.Cl.[CH3-].[Ti+2]. The second-order valence-electron chi connectivity index (χ2n) is 1.69. The quantitative estimate of drug-likeness (QED) is 0.477. The molecule has 0 aromatic heterocycles. The van der Waals surface area contributed by atoms with Crippen LogP contribution in [0.15, 0.2) is 17.7 Å². The smallest absolute Gasteiger partial charge is 0.358 e. The molecular formula is C8H14Cl2Ti. The molecule has 0 spiro atoms. The normalized spacial score (nSPS) is 11.2. The molecule has 0 nitrogen and oxygen atoms in total. The predicted molar refractivity (Wildman–Crippen MR) is 51.7 cm³/mol. The van der Waals surface area contributed by atoms with E-state index in [0.29, 0.717) is 0 Å². The molecule has 0 atom stereocenters. The van der Waals surface area contributed by atoms with Gasteiger partial charge in [0, 0.05) is 0 Å². The fraction of sp³-hybridized carbons (Fsp3) is 0.375. The van der Waals surface area contributed by atoms with Crippen LogP contribution < -0.4 is 0 Å². The van der Waals surface area contributed by atoms with Gasteiger partial charge >= 0.3 is 21.7 Å². The van der Waals surface area contributed by atoms with Gasteiger partial charge in [-0.3, -0.25) is 6.08 Å². The molecule has 64 valence electrons. The third-order valence-corrected chi connectivity index (χ3v) is 1.18. The molecule has 0 amide bonds. The van der Waals surface area contributed by atoms with E-state index in [0.717, 1.165) is 12.8 Å². The molecule has 0 aliphatic heterocycles. The molecule has 0 fully saturated rings. The Morgan fingerprint density at radius 3 is 2.18 bits per heavy atom. The van der Waals surface area contributed by atoms with Crippen molar-refractivity contribution in [1.82, 2.24) is 0 Å². The van der Waals surface area contributed by atoms with Crippen LogP contribution in [-0.4, -0.2) is 0 Å². The average Bonchev–Trinajstić information content (AvgIpc) is 2.14. The fourth-order valence-corrected chi connectivity index (χ4v) is 0.685. The molecule has 0 saturated carbocycles. The molecule has 0 unspecified atom stereocenters. The van der Waals surface area contributed by atoms with Crippen molar-refractivity contribution in [2.75, 3.05) is 0 Å². The van der Waals surface area contributed by atoms with Gasteiger partial charge in [0.15, 0.2) is 0 Å². The monoisotopic (exact) mass is 228 g/mol. The number of allylic oxidation sites excluding steroid dienone is 4. The van der Waals surface area contributed by atoms with Crippen molar-refractivity contribution in [3.05, 3.63) is 31.2 Å². The first-order valence-electron chi connectivity index (χ1n) is 2.69. The number of rotatable bonds is 1. The van der Waals surface area contributed by atoms with Crippen LogP contribution in [0.3, 0.4) is 0 Å². The zero-order valence-corrected chi connectivity index (χ0v) is 10.1. The Morgan fingerprint density at radius 1 is 1.45 bits per heavy atom. The minimum absolute atomic E-state index is 0. The first-order valence-corrected chi connectivity index (χ1v) is 2.69.